The summed E-state index contributed by atoms with van der Waals surface area (Å²) in [4.78, 5) is 16.0. The number of benzene rings is 2. The fourth-order valence-corrected chi connectivity index (χ4v) is 2.76. The van der Waals surface area contributed by atoms with Gasteiger partial charge in [0.15, 0.2) is 5.13 Å². The first-order chi connectivity index (χ1) is 10.4. The van der Waals surface area contributed by atoms with Gasteiger partial charge in [-0.15, -0.1) is 0 Å². The molecule has 3 aromatic rings. The second-order valence-corrected chi connectivity index (χ2v) is 5.55. The summed E-state index contributed by atoms with van der Waals surface area (Å²) in [5.41, 5.74) is -0.0906. The Balaban J connectivity index is 1.88. The Labute approximate surface area is 127 Å². The summed E-state index contributed by atoms with van der Waals surface area (Å²) < 4.78 is 38.6. The number of nitrogens with one attached hydrogen (secondary N) is 1. The highest BCUT2D eigenvalue weighted by Gasteiger charge is 2.30. The molecule has 0 aliphatic carbocycles. The molecule has 0 unspecified atom stereocenters. The Kier molecular flexibility index (Phi) is 3.58. The van der Waals surface area contributed by atoms with Crippen molar-refractivity contribution >= 4 is 32.6 Å². The molecule has 1 N–H and O–H groups in total. The first-order valence-electron chi connectivity index (χ1n) is 6.28. The van der Waals surface area contributed by atoms with Crippen LogP contribution in [0.25, 0.3) is 10.2 Å². The molecule has 0 atom stereocenters. The lowest BCUT2D eigenvalue weighted by Crippen LogP contribution is -2.11. The number of aromatic nitrogens is 1. The fourth-order valence-electron chi connectivity index (χ4n) is 1.92. The fraction of sp³-hybridized carbons (Fsp3) is 0.0667. The van der Waals surface area contributed by atoms with E-state index in [0.29, 0.717) is 10.3 Å². The molecule has 0 aliphatic rings. The van der Waals surface area contributed by atoms with Gasteiger partial charge in [-0.2, -0.15) is 13.2 Å². The number of halogens is 3. The van der Waals surface area contributed by atoms with Crippen molar-refractivity contribution in [3.63, 3.8) is 0 Å². The molecule has 2 aromatic carbocycles. The number of carbonyl (C=O) groups excluding carboxylic acids is 1. The number of anilines is 1. The van der Waals surface area contributed by atoms with E-state index in [-0.39, 0.29) is 16.6 Å². The van der Waals surface area contributed by atoms with Crippen molar-refractivity contribution in [2.45, 2.75) is 6.18 Å². The third-order valence-corrected chi connectivity index (χ3v) is 3.92. The van der Waals surface area contributed by atoms with Crippen LogP contribution in [0.1, 0.15) is 15.9 Å². The second kappa shape index (κ2) is 5.42. The third-order valence-electron chi connectivity index (χ3n) is 2.97. The van der Waals surface area contributed by atoms with Crippen molar-refractivity contribution in [2.24, 2.45) is 0 Å². The van der Waals surface area contributed by atoms with Gasteiger partial charge in [-0.05, 0) is 30.3 Å². The van der Waals surface area contributed by atoms with Gasteiger partial charge in [0.2, 0.25) is 0 Å². The minimum absolute atomic E-state index is 0.211. The van der Waals surface area contributed by atoms with E-state index in [4.69, 9.17) is 0 Å². The van der Waals surface area contributed by atoms with Crippen LogP contribution < -0.4 is 5.32 Å². The molecule has 3 nitrogen and oxygen atoms in total. The lowest BCUT2D eigenvalue weighted by Gasteiger charge is -2.04. The molecule has 7 heteroatoms. The van der Waals surface area contributed by atoms with E-state index < -0.39 is 11.7 Å². The molecule has 0 fully saturated rings. The van der Waals surface area contributed by atoms with Crippen LogP contribution in [0.5, 0.6) is 0 Å². The van der Waals surface area contributed by atoms with E-state index in [1.54, 1.807) is 30.3 Å². The summed E-state index contributed by atoms with van der Waals surface area (Å²) in [6.07, 6.45) is -4.41. The number of rotatable bonds is 2. The molecule has 0 saturated heterocycles. The Morgan fingerprint density at radius 3 is 2.50 bits per heavy atom. The smallest absolute Gasteiger partial charge is 0.298 e. The summed E-state index contributed by atoms with van der Waals surface area (Å²) in [6.45, 7) is 0. The second-order valence-electron chi connectivity index (χ2n) is 4.52. The van der Waals surface area contributed by atoms with Gasteiger partial charge >= 0.3 is 6.18 Å². The number of hydrogen-bond donors (Lipinski definition) is 1. The minimum atomic E-state index is -4.41. The minimum Gasteiger partial charge on any atom is -0.298 e. The highest BCUT2D eigenvalue weighted by atomic mass is 32.1. The average Bonchev–Trinajstić information content (AvgIpc) is 2.88. The van der Waals surface area contributed by atoms with Crippen LogP contribution in [0.3, 0.4) is 0 Å². The Morgan fingerprint density at radius 1 is 1.09 bits per heavy atom. The lowest BCUT2D eigenvalue weighted by molar-refractivity contribution is -0.137. The van der Waals surface area contributed by atoms with Crippen molar-refractivity contribution in [3.05, 3.63) is 59.7 Å². The maximum absolute atomic E-state index is 12.7. The molecule has 1 aromatic heterocycles. The highest BCUT2D eigenvalue weighted by molar-refractivity contribution is 7.22. The standard InChI is InChI=1S/C15H9F3N2OS/c16-15(17,18)10-6-7-12-11(8-10)19-14(22-12)20-13(21)9-4-2-1-3-5-9/h1-8H,(H,19,20,21). The molecule has 0 aliphatic heterocycles. The predicted octanol–water partition coefficient (Wildman–Crippen LogP) is 4.57. The van der Waals surface area contributed by atoms with Crippen molar-refractivity contribution in [2.75, 3.05) is 5.32 Å². The van der Waals surface area contributed by atoms with Crippen LogP contribution >= 0.6 is 11.3 Å². The zero-order chi connectivity index (χ0) is 15.7. The van der Waals surface area contributed by atoms with E-state index in [2.05, 4.69) is 10.3 Å². The number of hydrogen-bond acceptors (Lipinski definition) is 3. The Hall–Kier alpha value is -2.41. The summed E-state index contributed by atoms with van der Waals surface area (Å²) in [5.74, 6) is -0.351. The molecule has 0 radical (unpaired) electrons. The number of thiazole rings is 1. The number of nitrogens with zero attached hydrogens (tertiary/aromatic N) is 1. The van der Waals surface area contributed by atoms with Gasteiger partial charge in [0.1, 0.15) is 0 Å². The van der Waals surface area contributed by atoms with Gasteiger partial charge in [-0.25, -0.2) is 4.98 Å². The molecule has 1 heterocycles. The Bertz CT molecular complexity index is 828. The van der Waals surface area contributed by atoms with Crippen LogP contribution in [0, 0.1) is 0 Å². The van der Waals surface area contributed by atoms with Crippen molar-refractivity contribution in [3.8, 4) is 0 Å². The zero-order valence-corrected chi connectivity index (χ0v) is 11.8. The van der Waals surface area contributed by atoms with Crippen molar-refractivity contribution in [1.82, 2.24) is 4.98 Å². The molecular formula is C15H9F3N2OS. The third kappa shape index (κ3) is 2.94. The maximum atomic E-state index is 12.7. The lowest BCUT2D eigenvalue weighted by atomic mass is 10.2. The zero-order valence-electron chi connectivity index (χ0n) is 11.0. The van der Waals surface area contributed by atoms with Crippen molar-refractivity contribution in [1.29, 1.82) is 0 Å². The van der Waals surface area contributed by atoms with E-state index in [1.165, 1.54) is 6.07 Å². The monoisotopic (exact) mass is 322 g/mol. The van der Waals surface area contributed by atoms with E-state index in [9.17, 15) is 18.0 Å². The largest absolute Gasteiger partial charge is 0.416 e. The topological polar surface area (TPSA) is 42.0 Å². The number of fused-ring (bicyclic) bond motifs is 1. The first-order valence-corrected chi connectivity index (χ1v) is 7.09. The van der Waals surface area contributed by atoms with Crippen LogP contribution in [0.15, 0.2) is 48.5 Å². The SMILES string of the molecule is O=C(Nc1nc2cc(C(F)(F)F)ccc2s1)c1ccccc1. The Morgan fingerprint density at radius 2 is 1.82 bits per heavy atom. The van der Waals surface area contributed by atoms with E-state index in [0.717, 1.165) is 23.5 Å². The van der Waals surface area contributed by atoms with Gasteiger partial charge in [-0.1, -0.05) is 29.5 Å². The molecular weight excluding hydrogens is 313 g/mol. The normalized spacial score (nSPS) is 11.6. The number of alkyl halides is 3. The molecule has 112 valence electrons. The summed E-state index contributed by atoms with van der Waals surface area (Å²) in [5, 5.41) is 2.86. The molecule has 22 heavy (non-hydrogen) atoms. The molecule has 0 bridgehead atoms. The van der Waals surface area contributed by atoms with E-state index >= 15 is 0 Å². The van der Waals surface area contributed by atoms with Gasteiger partial charge in [-0.3, -0.25) is 10.1 Å². The number of carbonyl (C=O) groups is 1. The van der Waals surface area contributed by atoms with Crippen LogP contribution in [0.4, 0.5) is 18.3 Å². The average molecular weight is 322 g/mol. The van der Waals surface area contributed by atoms with Gasteiger partial charge in [0.05, 0.1) is 15.8 Å². The first kappa shape index (κ1) is 14.5. The van der Waals surface area contributed by atoms with Crippen LogP contribution in [-0.2, 0) is 6.18 Å². The van der Waals surface area contributed by atoms with Gasteiger partial charge in [0, 0.05) is 5.56 Å². The van der Waals surface area contributed by atoms with Crippen LogP contribution in [-0.4, -0.2) is 10.9 Å². The van der Waals surface area contributed by atoms with Gasteiger partial charge in [0.25, 0.3) is 5.91 Å². The van der Waals surface area contributed by atoms with Crippen molar-refractivity contribution < 1.29 is 18.0 Å². The molecule has 1 amide bonds. The molecule has 0 saturated carbocycles. The van der Waals surface area contributed by atoms with Gasteiger partial charge < -0.3 is 0 Å². The predicted molar refractivity (Wildman–Crippen MR) is 79.0 cm³/mol. The number of amides is 1. The maximum Gasteiger partial charge on any atom is 0.416 e. The highest BCUT2D eigenvalue weighted by Crippen LogP contribution is 2.34. The summed E-state index contributed by atoms with van der Waals surface area (Å²) in [7, 11) is 0. The van der Waals surface area contributed by atoms with E-state index in [1.807, 2.05) is 0 Å². The summed E-state index contributed by atoms with van der Waals surface area (Å²) >= 11 is 1.13. The summed E-state index contributed by atoms with van der Waals surface area (Å²) in [6, 6.07) is 11.9. The molecule has 3 rings (SSSR count). The quantitative estimate of drug-likeness (QED) is 0.751. The molecule has 0 spiro atoms. The van der Waals surface area contributed by atoms with Crippen LogP contribution in [0.2, 0.25) is 0 Å².